The molecular formula is C25H31ClFN3O. The second-order valence-electron chi connectivity index (χ2n) is 8.74. The van der Waals surface area contributed by atoms with Gasteiger partial charge in [0.05, 0.1) is 11.4 Å². The van der Waals surface area contributed by atoms with Crippen LogP contribution in [0.1, 0.15) is 50.3 Å². The van der Waals surface area contributed by atoms with Crippen molar-refractivity contribution in [2.75, 3.05) is 20.1 Å². The fraction of sp³-hybridized carbons (Fsp3) is 0.520. The molecule has 6 heteroatoms. The molecule has 0 aliphatic carbocycles. The third kappa shape index (κ3) is 4.28. The lowest BCUT2D eigenvalue weighted by atomic mass is 9.83. The van der Waals surface area contributed by atoms with Crippen molar-refractivity contribution in [2.45, 2.75) is 64.0 Å². The number of piperidine rings is 1. The highest BCUT2D eigenvalue weighted by molar-refractivity contribution is 6.30. The minimum Gasteiger partial charge on any atom is -0.356 e. The molecule has 3 heterocycles. The van der Waals surface area contributed by atoms with Crippen LogP contribution in [-0.2, 0) is 4.74 Å². The summed E-state index contributed by atoms with van der Waals surface area (Å²) >= 11 is 6.35. The molecule has 0 bridgehead atoms. The van der Waals surface area contributed by atoms with Crippen molar-refractivity contribution in [3.63, 3.8) is 0 Å². The van der Waals surface area contributed by atoms with E-state index in [0.29, 0.717) is 6.42 Å². The van der Waals surface area contributed by atoms with Gasteiger partial charge in [-0.1, -0.05) is 29.8 Å². The molecule has 2 fully saturated rings. The molecule has 1 spiro atoms. The van der Waals surface area contributed by atoms with Gasteiger partial charge in [0.2, 0.25) is 0 Å². The molecule has 0 radical (unpaired) electrons. The summed E-state index contributed by atoms with van der Waals surface area (Å²) in [5.74, 6) is 0. The summed E-state index contributed by atoms with van der Waals surface area (Å²) in [5.41, 5.74) is 4.97. The Labute approximate surface area is 189 Å². The summed E-state index contributed by atoms with van der Waals surface area (Å²) in [4.78, 5) is 11.5. The predicted octanol–water partition coefficient (Wildman–Crippen LogP) is 5.66. The Balaban J connectivity index is 1.55. The molecule has 3 unspecified atom stereocenters. The molecule has 2 saturated heterocycles. The SMILES string of the molecule is CC=C1C(=NC)C2(CCN(C(C)C3=CCC(F)C=N3)CC2)OC1c1cc(C)cc(Cl)c1. The Morgan fingerprint density at radius 3 is 2.65 bits per heavy atom. The average Bonchev–Trinajstić information content (AvgIpc) is 3.06. The molecule has 3 aliphatic rings. The van der Waals surface area contributed by atoms with Crippen molar-refractivity contribution in [2.24, 2.45) is 9.98 Å². The van der Waals surface area contributed by atoms with E-state index in [9.17, 15) is 4.39 Å². The van der Waals surface area contributed by atoms with Crippen LogP contribution in [0.25, 0.3) is 0 Å². The fourth-order valence-electron chi connectivity index (χ4n) is 5.12. The van der Waals surface area contributed by atoms with E-state index in [1.165, 1.54) is 6.21 Å². The van der Waals surface area contributed by atoms with Crippen molar-refractivity contribution >= 4 is 23.5 Å². The summed E-state index contributed by atoms with van der Waals surface area (Å²) in [7, 11) is 1.86. The molecule has 4 rings (SSSR count). The maximum absolute atomic E-state index is 13.4. The molecule has 3 aliphatic heterocycles. The molecule has 166 valence electrons. The Hall–Kier alpha value is -1.82. The van der Waals surface area contributed by atoms with Crippen LogP contribution in [0.2, 0.25) is 5.02 Å². The van der Waals surface area contributed by atoms with Gasteiger partial charge in [-0.25, -0.2) is 4.39 Å². The molecule has 0 N–H and O–H groups in total. The number of likely N-dealkylation sites (tertiary alicyclic amines) is 1. The maximum atomic E-state index is 13.4. The first-order chi connectivity index (χ1) is 14.9. The van der Waals surface area contributed by atoms with Crippen LogP contribution in [0.3, 0.4) is 0 Å². The first-order valence-electron chi connectivity index (χ1n) is 11.1. The molecule has 1 aromatic carbocycles. The fourth-order valence-corrected chi connectivity index (χ4v) is 5.42. The zero-order chi connectivity index (χ0) is 22.2. The van der Waals surface area contributed by atoms with Crippen LogP contribution in [0.4, 0.5) is 4.39 Å². The van der Waals surface area contributed by atoms with Gasteiger partial charge in [-0.15, -0.1) is 0 Å². The minimum atomic E-state index is -0.956. The normalized spacial score (nSPS) is 29.7. The first-order valence-corrected chi connectivity index (χ1v) is 11.5. The zero-order valence-electron chi connectivity index (χ0n) is 18.7. The van der Waals surface area contributed by atoms with Crippen LogP contribution in [0.15, 0.2) is 51.6 Å². The number of nitrogens with zero attached hydrogens (tertiary/aromatic N) is 3. The van der Waals surface area contributed by atoms with Gasteiger partial charge in [0.25, 0.3) is 0 Å². The molecule has 0 aromatic heterocycles. The van der Waals surface area contributed by atoms with Gasteiger partial charge in [0.1, 0.15) is 17.9 Å². The maximum Gasteiger partial charge on any atom is 0.139 e. The van der Waals surface area contributed by atoms with Crippen molar-refractivity contribution < 1.29 is 9.13 Å². The van der Waals surface area contributed by atoms with Crippen LogP contribution in [-0.4, -0.2) is 54.8 Å². The summed E-state index contributed by atoms with van der Waals surface area (Å²) in [6.07, 6.45) is 6.51. The average molecular weight is 444 g/mol. The van der Waals surface area contributed by atoms with Crippen molar-refractivity contribution in [1.29, 1.82) is 0 Å². The van der Waals surface area contributed by atoms with Gasteiger partial charge >= 0.3 is 0 Å². The van der Waals surface area contributed by atoms with E-state index in [4.69, 9.17) is 21.3 Å². The van der Waals surface area contributed by atoms with Gasteiger partial charge in [0.15, 0.2) is 0 Å². The number of allylic oxidation sites excluding steroid dienone is 2. The largest absolute Gasteiger partial charge is 0.356 e. The quantitative estimate of drug-likeness (QED) is 0.604. The number of rotatable bonds is 3. The minimum absolute atomic E-state index is 0.155. The number of ether oxygens (including phenoxy) is 1. The van der Waals surface area contributed by atoms with Crippen molar-refractivity contribution in [3.05, 3.63) is 57.8 Å². The topological polar surface area (TPSA) is 37.2 Å². The van der Waals surface area contributed by atoms with Gasteiger partial charge in [0, 0.05) is 49.4 Å². The molecule has 0 amide bonds. The molecular weight excluding hydrogens is 413 g/mol. The summed E-state index contributed by atoms with van der Waals surface area (Å²) in [6.45, 7) is 8.02. The number of aryl methyl sites for hydroxylation is 1. The Morgan fingerprint density at radius 1 is 1.32 bits per heavy atom. The van der Waals surface area contributed by atoms with E-state index in [1.54, 1.807) is 0 Å². The molecule has 4 nitrogen and oxygen atoms in total. The second kappa shape index (κ2) is 8.97. The van der Waals surface area contributed by atoms with Crippen LogP contribution in [0, 0.1) is 6.92 Å². The van der Waals surface area contributed by atoms with E-state index in [1.807, 2.05) is 25.3 Å². The summed E-state index contributed by atoms with van der Waals surface area (Å²) < 4.78 is 20.2. The Bertz CT molecular complexity index is 939. The van der Waals surface area contributed by atoms with Gasteiger partial charge in [-0.2, -0.15) is 0 Å². The summed E-state index contributed by atoms with van der Waals surface area (Å²) in [6, 6.07) is 6.28. The van der Waals surface area contributed by atoms with Gasteiger partial charge < -0.3 is 4.74 Å². The van der Waals surface area contributed by atoms with Crippen LogP contribution in [0.5, 0.6) is 0 Å². The molecule has 0 saturated carbocycles. The van der Waals surface area contributed by atoms with E-state index >= 15 is 0 Å². The summed E-state index contributed by atoms with van der Waals surface area (Å²) in [5, 5.41) is 0.727. The third-order valence-corrected chi connectivity index (χ3v) is 6.97. The lowest BCUT2D eigenvalue weighted by Gasteiger charge is -2.41. The lowest BCUT2D eigenvalue weighted by Crippen LogP contribution is -2.51. The second-order valence-corrected chi connectivity index (χ2v) is 9.18. The molecule has 1 aromatic rings. The zero-order valence-corrected chi connectivity index (χ0v) is 19.5. The van der Waals surface area contributed by atoms with E-state index in [2.05, 4.69) is 42.8 Å². The standard InChI is InChI=1S/C25H31ClFN3O/c1-5-21-23(18-12-16(2)13-19(26)14-18)31-25(24(21)28-4)8-10-30(11-9-25)17(3)22-7-6-20(27)15-29-22/h5,7,12-15,17,20,23H,6,8-11H2,1-4H3. The van der Waals surface area contributed by atoms with E-state index in [0.717, 1.165) is 59.1 Å². The molecule has 31 heavy (non-hydrogen) atoms. The van der Waals surface area contributed by atoms with Crippen molar-refractivity contribution in [3.8, 4) is 0 Å². The highest BCUT2D eigenvalue weighted by atomic mass is 35.5. The van der Waals surface area contributed by atoms with Crippen molar-refractivity contribution in [1.82, 2.24) is 4.90 Å². The Morgan fingerprint density at radius 2 is 2.06 bits per heavy atom. The molecule has 3 atom stereocenters. The number of alkyl halides is 1. The van der Waals surface area contributed by atoms with E-state index in [-0.39, 0.29) is 17.7 Å². The highest BCUT2D eigenvalue weighted by Gasteiger charge is 2.51. The van der Waals surface area contributed by atoms with Gasteiger partial charge in [-0.05, 0) is 56.9 Å². The van der Waals surface area contributed by atoms with Gasteiger partial charge in [-0.3, -0.25) is 14.9 Å². The monoisotopic (exact) mass is 443 g/mol. The predicted molar refractivity (Wildman–Crippen MR) is 126 cm³/mol. The number of hydrogen-bond donors (Lipinski definition) is 0. The number of halogens is 2. The van der Waals surface area contributed by atoms with Crippen LogP contribution >= 0.6 is 11.6 Å². The Kier molecular flexibility index (Phi) is 6.47. The third-order valence-electron chi connectivity index (χ3n) is 6.75. The number of hydrogen-bond acceptors (Lipinski definition) is 4. The lowest BCUT2D eigenvalue weighted by molar-refractivity contribution is -0.0509. The number of aliphatic imine (C=N–C) groups is 2. The van der Waals surface area contributed by atoms with Crippen LogP contribution < -0.4 is 0 Å². The first kappa shape index (κ1) is 22.4. The number of benzene rings is 1. The smallest absolute Gasteiger partial charge is 0.139 e. The van der Waals surface area contributed by atoms with E-state index < -0.39 is 6.17 Å². The highest BCUT2D eigenvalue weighted by Crippen LogP contribution is 2.47.